The maximum atomic E-state index is 12.8. The highest BCUT2D eigenvalue weighted by Crippen LogP contribution is 2.30. The molecular weight excluding hydrogens is 282 g/mol. The van der Waals surface area contributed by atoms with Crippen molar-refractivity contribution in [2.75, 3.05) is 13.3 Å². The molecule has 21 heavy (non-hydrogen) atoms. The van der Waals surface area contributed by atoms with Crippen LogP contribution in [0, 0.1) is 5.92 Å². The Labute approximate surface area is 125 Å². The summed E-state index contributed by atoms with van der Waals surface area (Å²) in [6, 6.07) is 0. The molecule has 2 heterocycles. The quantitative estimate of drug-likeness (QED) is 0.782. The van der Waals surface area contributed by atoms with Crippen LogP contribution in [-0.2, 0) is 18.9 Å². The third-order valence-corrected chi connectivity index (χ3v) is 4.37. The van der Waals surface area contributed by atoms with E-state index >= 15 is 0 Å². The van der Waals surface area contributed by atoms with Crippen LogP contribution in [0.4, 0.5) is 8.78 Å². The smallest absolute Gasteiger partial charge is 0.186 e. The minimum atomic E-state index is -0.769. The molecule has 0 N–H and O–H groups in total. The van der Waals surface area contributed by atoms with Gasteiger partial charge in [0.05, 0.1) is 24.4 Å². The van der Waals surface area contributed by atoms with E-state index < -0.39 is 25.9 Å². The van der Waals surface area contributed by atoms with Gasteiger partial charge >= 0.3 is 0 Å². The van der Waals surface area contributed by atoms with Gasteiger partial charge in [-0.3, -0.25) is 0 Å². The van der Waals surface area contributed by atoms with Gasteiger partial charge in [-0.25, -0.2) is 8.78 Å². The van der Waals surface area contributed by atoms with Crippen molar-refractivity contribution in [3.05, 3.63) is 0 Å². The van der Waals surface area contributed by atoms with Crippen molar-refractivity contribution >= 4 is 0 Å². The summed E-state index contributed by atoms with van der Waals surface area (Å²) in [5.41, 5.74) is 0. The van der Waals surface area contributed by atoms with Crippen LogP contribution in [0.1, 0.15) is 40.0 Å². The fourth-order valence-corrected chi connectivity index (χ4v) is 3.02. The van der Waals surface area contributed by atoms with Gasteiger partial charge in [0.1, 0.15) is 13.3 Å². The zero-order valence-electron chi connectivity index (χ0n) is 13.0. The molecule has 6 heteroatoms. The summed E-state index contributed by atoms with van der Waals surface area (Å²) in [6.07, 6.45) is 0.599. The van der Waals surface area contributed by atoms with Crippen LogP contribution in [-0.4, -0.2) is 50.3 Å². The van der Waals surface area contributed by atoms with E-state index in [1.54, 1.807) is 0 Å². The van der Waals surface area contributed by atoms with Gasteiger partial charge < -0.3 is 18.9 Å². The average Bonchev–Trinajstić information content (AvgIpc) is 2.47. The Kier molecular flexibility index (Phi) is 6.34. The summed E-state index contributed by atoms with van der Waals surface area (Å²) < 4.78 is 47.4. The van der Waals surface area contributed by atoms with Gasteiger partial charge in [0.2, 0.25) is 0 Å². The molecule has 0 aliphatic carbocycles. The number of ether oxygens (including phenoxy) is 4. The SMILES string of the molecule is CC1CC(CCC2OC(CF)OC(C)C2C)OC(CF)O1. The first kappa shape index (κ1) is 17.1. The highest BCUT2D eigenvalue weighted by molar-refractivity contribution is 4.79. The molecule has 4 nitrogen and oxygen atoms in total. The highest BCUT2D eigenvalue weighted by atomic mass is 19.1. The van der Waals surface area contributed by atoms with Crippen LogP contribution in [0.3, 0.4) is 0 Å². The van der Waals surface area contributed by atoms with Gasteiger partial charge in [-0.05, 0) is 33.1 Å². The lowest BCUT2D eigenvalue weighted by atomic mass is 9.92. The largest absolute Gasteiger partial charge is 0.347 e. The van der Waals surface area contributed by atoms with Crippen LogP contribution >= 0.6 is 0 Å². The fourth-order valence-electron chi connectivity index (χ4n) is 3.02. The van der Waals surface area contributed by atoms with E-state index in [1.807, 2.05) is 20.8 Å². The van der Waals surface area contributed by atoms with Crippen molar-refractivity contribution in [1.29, 1.82) is 0 Å². The minimum Gasteiger partial charge on any atom is -0.347 e. The van der Waals surface area contributed by atoms with Gasteiger partial charge in [0.15, 0.2) is 12.6 Å². The molecule has 2 aliphatic heterocycles. The van der Waals surface area contributed by atoms with Crippen molar-refractivity contribution in [3.8, 4) is 0 Å². The Morgan fingerprint density at radius 1 is 0.857 bits per heavy atom. The molecule has 2 saturated heterocycles. The number of rotatable bonds is 5. The lowest BCUT2D eigenvalue weighted by Gasteiger charge is -2.39. The molecule has 7 unspecified atom stereocenters. The van der Waals surface area contributed by atoms with Gasteiger partial charge in [-0.1, -0.05) is 6.92 Å². The van der Waals surface area contributed by atoms with Gasteiger partial charge in [-0.2, -0.15) is 0 Å². The summed E-state index contributed by atoms with van der Waals surface area (Å²) in [4.78, 5) is 0. The summed E-state index contributed by atoms with van der Waals surface area (Å²) in [5, 5.41) is 0. The van der Waals surface area contributed by atoms with Crippen LogP contribution in [0.5, 0.6) is 0 Å². The first-order chi connectivity index (χ1) is 10.0. The molecule has 124 valence electrons. The minimum absolute atomic E-state index is 0.00459. The fraction of sp³-hybridized carbons (Fsp3) is 1.00. The Balaban J connectivity index is 1.83. The van der Waals surface area contributed by atoms with E-state index in [2.05, 4.69) is 0 Å². The monoisotopic (exact) mass is 308 g/mol. The van der Waals surface area contributed by atoms with E-state index in [0.717, 1.165) is 19.3 Å². The molecule has 0 amide bonds. The van der Waals surface area contributed by atoms with E-state index in [-0.39, 0.29) is 30.3 Å². The van der Waals surface area contributed by atoms with Crippen molar-refractivity contribution in [3.63, 3.8) is 0 Å². The molecule has 0 saturated carbocycles. The molecule has 2 rings (SSSR count). The standard InChI is InChI=1S/C15H26F2O4/c1-9-6-12(20-14(7-16)18-9)4-5-13-10(2)11(3)19-15(8-17)21-13/h9-15H,4-8H2,1-3H3. The average molecular weight is 308 g/mol. The van der Waals surface area contributed by atoms with Gasteiger partial charge in [0, 0.05) is 5.92 Å². The summed E-state index contributed by atoms with van der Waals surface area (Å²) in [5.74, 6) is 0.196. The van der Waals surface area contributed by atoms with Crippen LogP contribution in [0.2, 0.25) is 0 Å². The van der Waals surface area contributed by atoms with E-state index in [4.69, 9.17) is 18.9 Å². The van der Waals surface area contributed by atoms with Crippen LogP contribution in [0.15, 0.2) is 0 Å². The predicted molar refractivity (Wildman–Crippen MR) is 73.4 cm³/mol. The molecule has 2 fully saturated rings. The molecular formula is C15H26F2O4. The highest BCUT2D eigenvalue weighted by Gasteiger charge is 2.35. The van der Waals surface area contributed by atoms with E-state index in [1.165, 1.54) is 0 Å². The third kappa shape index (κ3) is 4.58. The van der Waals surface area contributed by atoms with E-state index in [0.29, 0.717) is 0 Å². The summed E-state index contributed by atoms with van der Waals surface area (Å²) >= 11 is 0. The zero-order valence-corrected chi connectivity index (χ0v) is 13.0. The normalized spacial score (nSPS) is 44.7. The van der Waals surface area contributed by atoms with E-state index in [9.17, 15) is 8.78 Å². The Morgan fingerprint density at radius 2 is 1.52 bits per heavy atom. The molecule has 7 atom stereocenters. The maximum absolute atomic E-state index is 12.8. The molecule has 0 bridgehead atoms. The Hall–Kier alpha value is -0.300. The first-order valence-electron chi connectivity index (χ1n) is 7.77. The van der Waals surface area contributed by atoms with Crippen LogP contribution in [0.25, 0.3) is 0 Å². The Morgan fingerprint density at radius 3 is 2.19 bits per heavy atom. The molecule has 2 aliphatic rings. The summed E-state index contributed by atoms with van der Waals surface area (Å²) in [7, 11) is 0. The molecule has 0 spiro atoms. The van der Waals surface area contributed by atoms with Crippen molar-refractivity contribution < 1.29 is 27.7 Å². The first-order valence-corrected chi connectivity index (χ1v) is 7.77. The van der Waals surface area contributed by atoms with Crippen molar-refractivity contribution in [2.24, 2.45) is 5.92 Å². The van der Waals surface area contributed by atoms with Gasteiger partial charge in [0.25, 0.3) is 0 Å². The third-order valence-electron chi connectivity index (χ3n) is 4.37. The Bertz CT molecular complexity index is 318. The van der Waals surface area contributed by atoms with Crippen LogP contribution < -0.4 is 0 Å². The lowest BCUT2D eigenvalue weighted by molar-refractivity contribution is -0.272. The number of hydrogen-bond acceptors (Lipinski definition) is 4. The second kappa shape index (κ2) is 7.81. The predicted octanol–water partition coefficient (Wildman–Crippen LogP) is 2.99. The molecule has 0 aromatic heterocycles. The molecule has 0 aromatic rings. The lowest BCUT2D eigenvalue weighted by Crippen LogP contribution is -2.45. The number of halogens is 2. The van der Waals surface area contributed by atoms with Crippen molar-refractivity contribution in [2.45, 2.75) is 77.0 Å². The second-order valence-corrected chi connectivity index (χ2v) is 6.06. The van der Waals surface area contributed by atoms with Crippen molar-refractivity contribution in [1.82, 2.24) is 0 Å². The molecule has 0 aromatic carbocycles. The number of alkyl halides is 2. The topological polar surface area (TPSA) is 36.9 Å². The maximum Gasteiger partial charge on any atom is 0.186 e. The molecule has 0 radical (unpaired) electrons. The van der Waals surface area contributed by atoms with Gasteiger partial charge in [-0.15, -0.1) is 0 Å². The number of hydrogen-bond donors (Lipinski definition) is 0. The zero-order chi connectivity index (χ0) is 15.4. The second-order valence-electron chi connectivity index (χ2n) is 6.06. The summed E-state index contributed by atoms with van der Waals surface area (Å²) in [6.45, 7) is 4.64.